The molecule has 0 aliphatic rings. The fourth-order valence-corrected chi connectivity index (χ4v) is 2.76. The predicted octanol–water partition coefficient (Wildman–Crippen LogP) is 4.17. The first-order valence-electron chi connectivity index (χ1n) is 11.7. The summed E-state index contributed by atoms with van der Waals surface area (Å²) in [5, 5.41) is 29.4. The minimum atomic E-state index is -5.08. The van der Waals surface area contributed by atoms with E-state index in [4.69, 9.17) is 19.8 Å². The molecule has 0 fully saturated rings. The molecule has 0 bridgehead atoms. The molecule has 0 unspecified atom stereocenters. The van der Waals surface area contributed by atoms with E-state index in [-0.39, 0.29) is 11.9 Å². The molecule has 18 heteroatoms. The molecule has 0 saturated carbocycles. The van der Waals surface area contributed by atoms with Crippen molar-refractivity contribution in [2.45, 2.75) is 18.9 Å². The molecule has 0 atom stereocenters. The number of likely N-dealkylation sites (N-methyl/N-ethyl adjacent to an activating group) is 1. The van der Waals surface area contributed by atoms with Crippen LogP contribution in [0.25, 0.3) is 11.1 Å². The van der Waals surface area contributed by atoms with Gasteiger partial charge in [-0.15, -0.1) is 0 Å². The van der Waals surface area contributed by atoms with E-state index >= 15 is 0 Å². The van der Waals surface area contributed by atoms with Crippen LogP contribution in [-0.4, -0.2) is 82.2 Å². The molecule has 0 spiro atoms. The van der Waals surface area contributed by atoms with Gasteiger partial charge in [0.05, 0.1) is 12.7 Å². The number of carbonyl (C=O) groups excluding carboxylic acids is 2. The van der Waals surface area contributed by atoms with Gasteiger partial charge in [-0.3, -0.25) is 9.89 Å². The molecule has 12 nitrogen and oxygen atoms in total. The minimum Gasteiger partial charge on any atom is -0.475 e. The number of alkyl halides is 6. The lowest BCUT2D eigenvalue weighted by atomic mass is 10.1. The van der Waals surface area contributed by atoms with E-state index in [1.165, 1.54) is 0 Å². The normalized spacial score (nSPS) is 10.8. The Morgan fingerprint density at radius 1 is 0.837 bits per heavy atom. The van der Waals surface area contributed by atoms with Crippen LogP contribution in [0, 0.1) is 0 Å². The zero-order chi connectivity index (χ0) is 32.8. The number of hydrogen-bond acceptors (Lipinski definition) is 6. The molecule has 43 heavy (non-hydrogen) atoms. The van der Waals surface area contributed by atoms with Crippen molar-refractivity contribution in [1.82, 2.24) is 20.4 Å². The third-order valence-corrected chi connectivity index (χ3v) is 4.58. The first-order valence-corrected chi connectivity index (χ1v) is 11.7. The third-order valence-electron chi connectivity index (χ3n) is 4.58. The maximum absolute atomic E-state index is 12.2. The highest BCUT2D eigenvalue weighted by Gasteiger charge is 2.38. The van der Waals surface area contributed by atoms with Crippen LogP contribution >= 0.6 is 0 Å². The third kappa shape index (κ3) is 14.9. The lowest BCUT2D eigenvalue weighted by Crippen LogP contribution is -2.28. The molecule has 2 aromatic carbocycles. The quantitative estimate of drug-likeness (QED) is 0.213. The maximum atomic E-state index is 12.2. The molecule has 0 aliphatic carbocycles. The van der Waals surface area contributed by atoms with Crippen molar-refractivity contribution in [1.29, 1.82) is 0 Å². The van der Waals surface area contributed by atoms with Crippen LogP contribution in [0.5, 0.6) is 0 Å². The Kier molecular flexibility index (Phi) is 13.6. The number of aliphatic carboxylic acids is 2. The lowest BCUT2D eigenvalue weighted by Gasteiger charge is -2.12. The molecule has 3 aromatic rings. The minimum absolute atomic E-state index is 0.0864. The standard InChI is InChI=1S/C21H24N6O2.2C2HF3O2/c1-27(2)14-20(28)25-19-5-3-4-15(10-19)11-22-21(29)26-18-8-6-16(7-9-18)17-12-23-24-13-17;2*3-2(4,5)1(6)7/h3-10,12-13H,11,14H2,1-2H3,(H,23,24)(H,25,28)(H2,22,26,29);2*(H,6,7). The second kappa shape index (κ2) is 16.3. The molecule has 0 radical (unpaired) electrons. The number of H-pyrrole nitrogens is 1. The van der Waals surface area contributed by atoms with Crippen molar-refractivity contribution in [3.63, 3.8) is 0 Å². The summed E-state index contributed by atoms with van der Waals surface area (Å²) in [5.74, 6) is -5.60. The molecule has 1 aromatic heterocycles. The Morgan fingerprint density at radius 2 is 1.40 bits per heavy atom. The second-order valence-corrected chi connectivity index (χ2v) is 8.46. The van der Waals surface area contributed by atoms with Gasteiger partial charge in [0.25, 0.3) is 0 Å². The predicted molar refractivity (Wildman–Crippen MR) is 141 cm³/mol. The zero-order valence-electron chi connectivity index (χ0n) is 22.4. The molecule has 0 saturated heterocycles. The summed E-state index contributed by atoms with van der Waals surface area (Å²) in [4.78, 5) is 43.6. The van der Waals surface area contributed by atoms with Crippen molar-refractivity contribution in [2.24, 2.45) is 0 Å². The number of benzene rings is 2. The average Bonchev–Trinajstić information content (AvgIpc) is 3.42. The van der Waals surface area contributed by atoms with Gasteiger partial charge in [0.15, 0.2) is 0 Å². The Balaban J connectivity index is 0.000000548. The van der Waals surface area contributed by atoms with Crippen molar-refractivity contribution in [3.8, 4) is 11.1 Å². The number of halogens is 6. The highest BCUT2D eigenvalue weighted by atomic mass is 19.4. The van der Waals surface area contributed by atoms with Crippen LogP contribution in [0.3, 0.4) is 0 Å². The Bertz CT molecular complexity index is 1320. The van der Waals surface area contributed by atoms with E-state index in [9.17, 15) is 35.9 Å². The number of anilines is 2. The molecule has 1 heterocycles. The molecular formula is C25H26F6N6O6. The summed E-state index contributed by atoms with van der Waals surface area (Å²) < 4.78 is 63.5. The van der Waals surface area contributed by atoms with Crippen LogP contribution < -0.4 is 16.0 Å². The van der Waals surface area contributed by atoms with Crippen molar-refractivity contribution in [2.75, 3.05) is 31.3 Å². The summed E-state index contributed by atoms with van der Waals surface area (Å²) in [6.45, 7) is 0.653. The number of carboxylic acid groups (broad SMARTS) is 2. The number of aromatic nitrogens is 2. The number of hydrogen-bond donors (Lipinski definition) is 6. The van der Waals surface area contributed by atoms with Crippen LogP contribution in [0.1, 0.15) is 5.56 Å². The smallest absolute Gasteiger partial charge is 0.475 e. The SMILES string of the molecule is CN(C)CC(=O)Nc1cccc(CNC(=O)Nc2ccc(-c3cn[nH]c3)cc2)c1.O=C(O)C(F)(F)F.O=C(O)C(F)(F)F. The van der Waals surface area contributed by atoms with E-state index in [0.29, 0.717) is 24.5 Å². The van der Waals surface area contributed by atoms with Gasteiger partial charge in [0, 0.05) is 29.7 Å². The molecule has 234 valence electrons. The number of carbonyl (C=O) groups is 4. The van der Waals surface area contributed by atoms with E-state index in [0.717, 1.165) is 16.7 Å². The van der Waals surface area contributed by atoms with Gasteiger partial charge in [-0.05, 0) is 49.5 Å². The summed E-state index contributed by atoms with van der Waals surface area (Å²) in [6.07, 6.45) is -6.61. The van der Waals surface area contributed by atoms with E-state index in [2.05, 4.69) is 26.1 Å². The molecule has 0 aliphatic heterocycles. The summed E-state index contributed by atoms with van der Waals surface area (Å²) in [5.41, 5.74) is 4.28. The van der Waals surface area contributed by atoms with Crippen LogP contribution in [0.15, 0.2) is 60.9 Å². The first kappa shape index (κ1) is 35.9. The number of nitrogens with one attached hydrogen (secondary N) is 4. The van der Waals surface area contributed by atoms with E-state index in [1.807, 2.05) is 68.8 Å². The van der Waals surface area contributed by atoms with Crippen LogP contribution in [-0.2, 0) is 20.9 Å². The van der Waals surface area contributed by atoms with Gasteiger partial charge >= 0.3 is 30.3 Å². The van der Waals surface area contributed by atoms with Crippen molar-refractivity contribution in [3.05, 3.63) is 66.5 Å². The summed E-state index contributed by atoms with van der Waals surface area (Å²) in [6, 6.07) is 14.6. The number of carboxylic acids is 2. The van der Waals surface area contributed by atoms with Gasteiger partial charge in [0.1, 0.15) is 0 Å². The van der Waals surface area contributed by atoms with E-state index < -0.39 is 24.3 Å². The van der Waals surface area contributed by atoms with Crippen LogP contribution in [0.2, 0.25) is 0 Å². The van der Waals surface area contributed by atoms with Crippen molar-refractivity contribution >= 4 is 35.3 Å². The Morgan fingerprint density at radius 3 is 1.86 bits per heavy atom. The molecule has 3 rings (SSSR count). The fraction of sp³-hybridized carbons (Fsp3) is 0.240. The number of urea groups is 1. The number of rotatable bonds is 7. The summed E-state index contributed by atoms with van der Waals surface area (Å²) in [7, 11) is 3.67. The highest BCUT2D eigenvalue weighted by Crippen LogP contribution is 2.20. The Labute approximate surface area is 239 Å². The van der Waals surface area contributed by atoms with E-state index in [1.54, 1.807) is 11.1 Å². The second-order valence-electron chi connectivity index (χ2n) is 8.46. The van der Waals surface area contributed by atoms with Crippen molar-refractivity contribution < 1.29 is 55.7 Å². The lowest BCUT2D eigenvalue weighted by molar-refractivity contribution is -0.193. The largest absolute Gasteiger partial charge is 0.490 e. The van der Waals surface area contributed by atoms with Gasteiger partial charge in [0.2, 0.25) is 5.91 Å². The number of amides is 3. The average molecular weight is 621 g/mol. The van der Waals surface area contributed by atoms with Crippen LogP contribution in [0.4, 0.5) is 42.5 Å². The van der Waals surface area contributed by atoms with Gasteiger partial charge in [-0.1, -0.05) is 24.3 Å². The topological polar surface area (TPSA) is 177 Å². The zero-order valence-corrected chi connectivity index (χ0v) is 22.4. The molecule has 3 amide bonds. The fourth-order valence-electron chi connectivity index (χ4n) is 2.76. The number of nitrogens with zero attached hydrogens (tertiary/aromatic N) is 2. The van der Waals surface area contributed by atoms with Gasteiger partial charge in [-0.25, -0.2) is 14.4 Å². The monoisotopic (exact) mass is 620 g/mol. The molecule has 6 N–H and O–H groups in total. The maximum Gasteiger partial charge on any atom is 0.490 e. The Hall–Kier alpha value is -5.13. The first-order chi connectivity index (χ1) is 19.9. The number of aromatic amines is 1. The molecular weight excluding hydrogens is 594 g/mol. The van der Waals surface area contributed by atoms with Gasteiger partial charge in [-0.2, -0.15) is 31.4 Å². The highest BCUT2D eigenvalue weighted by molar-refractivity contribution is 5.92. The summed E-state index contributed by atoms with van der Waals surface area (Å²) >= 11 is 0. The van der Waals surface area contributed by atoms with Gasteiger partial charge < -0.3 is 31.1 Å².